The van der Waals surface area contributed by atoms with Crippen LogP contribution in [0.1, 0.15) is 15.9 Å². The maximum absolute atomic E-state index is 11.0. The zero-order valence-electron chi connectivity index (χ0n) is 11.0. The second-order valence-corrected chi connectivity index (χ2v) is 5.74. The summed E-state index contributed by atoms with van der Waals surface area (Å²) in [6.45, 7) is 0.251. The largest absolute Gasteiger partial charge is 0.486 e. The molecule has 0 radical (unpaired) electrons. The first-order valence-corrected chi connectivity index (χ1v) is 7.44. The van der Waals surface area contributed by atoms with Gasteiger partial charge in [-0.3, -0.25) is 0 Å². The van der Waals surface area contributed by atoms with Crippen molar-refractivity contribution in [1.82, 2.24) is 4.98 Å². The number of hydrogen-bond acceptors (Lipinski definition) is 4. The van der Waals surface area contributed by atoms with Gasteiger partial charge in [0.1, 0.15) is 12.4 Å². The minimum Gasteiger partial charge on any atom is -0.486 e. The molecule has 0 atom stereocenters. The van der Waals surface area contributed by atoms with Crippen LogP contribution in [0, 0.1) is 0 Å². The predicted octanol–water partition coefficient (Wildman–Crippen LogP) is 3.89. The van der Waals surface area contributed by atoms with Gasteiger partial charge in [-0.05, 0) is 56.1 Å². The SMILES string of the molecule is COc1ncccc1COc1c(Br)cc(C(=O)O)cc1Br. The lowest BCUT2D eigenvalue weighted by Crippen LogP contribution is -2.02. The summed E-state index contributed by atoms with van der Waals surface area (Å²) in [4.78, 5) is 15.1. The molecule has 0 saturated heterocycles. The van der Waals surface area contributed by atoms with Crippen LogP contribution >= 0.6 is 31.9 Å². The quantitative estimate of drug-likeness (QED) is 0.800. The molecule has 21 heavy (non-hydrogen) atoms. The monoisotopic (exact) mass is 415 g/mol. The van der Waals surface area contributed by atoms with Gasteiger partial charge in [0.25, 0.3) is 0 Å². The fourth-order valence-electron chi connectivity index (χ4n) is 1.69. The number of carbonyl (C=O) groups is 1. The molecule has 1 N–H and O–H groups in total. The highest BCUT2D eigenvalue weighted by atomic mass is 79.9. The first-order valence-electron chi connectivity index (χ1n) is 5.86. The minimum atomic E-state index is -1.00. The lowest BCUT2D eigenvalue weighted by Gasteiger charge is -2.12. The highest BCUT2D eigenvalue weighted by molar-refractivity contribution is 9.11. The van der Waals surface area contributed by atoms with E-state index in [9.17, 15) is 4.79 Å². The zero-order chi connectivity index (χ0) is 15.4. The van der Waals surface area contributed by atoms with Gasteiger partial charge in [-0.1, -0.05) is 0 Å². The van der Waals surface area contributed by atoms with Crippen molar-refractivity contribution in [3.05, 3.63) is 50.5 Å². The first kappa shape index (κ1) is 15.8. The lowest BCUT2D eigenvalue weighted by atomic mass is 10.2. The van der Waals surface area contributed by atoms with Crippen molar-refractivity contribution in [3.8, 4) is 11.6 Å². The number of nitrogens with zero attached hydrogens (tertiary/aromatic N) is 1. The second kappa shape index (κ2) is 6.91. The van der Waals surface area contributed by atoms with Crippen LogP contribution < -0.4 is 9.47 Å². The van der Waals surface area contributed by atoms with E-state index in [0.29, 0.717) is 20.6 Å². The maximum Gasteiger partial charge on any atom is 0.335 e. The Kier molecular flexibility index (Phi) is 5.19. The smallest absolute Gasteiger partial charge is 0.335 e. The van der Waals surface area contributed by atoms with Gasteiger partial charge in [0.2, 0.25) is 5.88 Å². The summed E-state index contributed by atoms with van der Waals surface area (Å²) in [5.74, 6) is 0.00897. The summed E-state index contributed by atoms with van der Waals surface area (Å²) in [5.41, 5.74) is 0.959. The third-order valence-corrected chi connectivity index (χ3v) is 3.84. The van der Waals surface area contributed by atoms with Gasteiger partial charge in [-0.15, -0.1) is 0 Å². The number of pyridine rings is 1. The molecular weight excluding hydrogens is 406 g/mol. The summed E-state index contributed by atoms with van der Waals surface area (Å²) in [5, 5.41) is 8.99. The van der Waals surface area contributed by atoms with E-state index in [2.05, 4.69) is 36.8 Å². The van der Waals surface area contributed by atoms with Crippen molar-refractivity contribution in [2.75, 3.05) is 7.11 Å². The Balaban J connectivity index is 2.22. The van der Waals surface area contributed by atoms with Crippen LogP contribution in [-0.2, 0) is 6.61 Å². The van der Waals surface area contributed by atoms with E-state index in [0.717, 1.165) is 5.56 Å². The summed E-state index contributed by atoms with van der Waals surface area (Å²) >= 11 is 6.62. The third-order valence-electron chi connectivity index (χ3n) is 2.66. The number of aromatic carboxylic acids is 1. The topological polar surface area (TPSA) is 68.7 Å². The predicted molar refractivity (Wildman–Crippen MR) is 83.9 cm³/mol. The van der Waals surface area contributed by atoms with Gasteiger partial charge in [-0.2, -0.15) is 0 Å². The Morgan fingerprint density at radius 1 is 1.33 bits per heavy atom. The third kappa shape index (κ3) is 3.74. The van der Waals surface area contributed by atoms with E-state index >= 15 is 0 Å². The molecule has 0 bridgehead atoms. The number of carboxylic acid groups (broad SMARTS) is 1. The second-order valence-electron chi connectivity index (χ2n) is 4.03. The van der Waals surface area contributed by atoms with Gasteiger partial charge < -0.3 is 14.6 Å². The molecule has 0 unspecified atom stereocenters. The molecule has 1 aromatic heterocycles. The van der Waals surface area contributed by atoms with Crippen LogP contribution in [0.3, 0.4) is 0 Å². The van der Waals surface area contributed by atoms with Crippen LogP contribution in [0.25, 0.3) is 0 Å². The van der Waals surface area contributed by atoms with E-state index in [1.165, 1.54) is 12.1 Å². The molecular formula is C14H11Br2NO4. The van der Waals surface area contributed by atoms with Gasteiger partial charge in [0.05, 0.1) is 27.2 Å². The van der Waals surface area contributed by atoms with Crippen molar-refractivity contribution in [2.24, 2.45) is 0 Å². The highest BCUT2D eigenvalue weighted by Crippen LogP contribution is 2.35. The van der Waals surface area contributed by atoms with Crippen LogP contribution in [0.4, 0.5) is 0 Å². The molecule has 7 heteroatoms. The van der Waals surface area contributed by atoms with Crippen LogP contribution in [0.5, 0.6) is 11.6 Å². The van der Waals surface area contributed by atoms with E-state index < -0.39 is 5.97 Å². The van der Waals surface area contributed by atoms with Crippen molar-refractivity contribution in [3.63, 3.8) is 0 Å². The molecule has 1 aromatic carbocycles. The fraction of sp³-hybridized carbons (Fsp3) is 0.143. The van der Waals surface area contributed by atoms with Crippen LogP contribution in [0.15, 0.2) is 39.4 Å². The number of carboxylic acids is 1. The molecule has 0 aliphatic carbocycles. The number of aromatic nitrogens is 1. The number of methoxy groups -OCH3 is 1. The molecule has 2 aromatic rings. The van der Waals surface area contributed by atoms with E-state index in [1.807, 2.05) is 6.07 Å². The normalized spacial score (nSPS) is 10.2. The van der Waals surface area contributed by atoms with Crippen LogP contribution in [0.2, 0.25) is 0 Å². The molecule has 0 fully saturated rings. The standard InChI is InChI=1S/C14H11Br2NO4/c1-20-13-8(3-2-4-17-13)7-21-12-10(15)5-9(14(18)19)6-11(12)16/h2-6H,7H2,1H3,(H,18,19). The number of hydrogen-bond donors (Lipinski definition) is 1. The molecule has 0 saturated carbocycles. The lowest BCUT2D eigenvalue weighted by molar-refractivity contribution is 0.0696. The van der Waals surface area contributed by atoms with Crippen LogP contribution in [-0.4, -0.2) is 23.2 Å². The van der Waals surface area contributed by atoms with E-state index in [4.69, 9.17) is 14.6 Å². The molecule has 2 rings (SSSR count). The molecule has 0 spiro atoms. The average Bonchev–Trinajstić information content (AvgIpc) is 2.46. The Hall–Kier alpha value is -1.60. The maximum atomic E-state index is 11.0. The summed E-state index contributed by atoms with van der Waals surface area (Å²) in [6, 6.07) is 6.61. The Labute approximate surface area is 138 Å². The molecule has 1 heterocycles. The summed E-state index contributed by atoms with van der Waals surface area (Å²) in [6.07, 6.45) is 1.63. The fourth-order valence-corrected chi connectivity index (χ4v) is 3.10. The van der Waals surface area contributed by atoms with Crippen molar-refractivity contribution in [1.29, 1.82) is 0 Å². The Bertz CT molecular complexity index is 653. The summed E-state index contributed by atoms with van der Waals surface area (Å²) in [7, 11) is 1.54. The zero-order valence-corrected chi connectivity index (χ0v) is 14.1. The molecule has 0 aliphatic heterocycles. The Morgan fingerprint density at radius 3 is 2.57 bits per heavy atom. The van der Waals surface area contributed by atoms with Gasteiger partial charge in [0.15, 0.2) is 0 Å². The molecule has 0 amide bonds. The number of benzene rings is 1. The Morgan fingerprint density at radius 2 is 2.00 bits per heavy atom. The average molecular weight is 417 g/mol. The number of rotatable bonds is 5. The van der Waals surface area contributed by atoms with Gasteiger partial charge in [0, 0.05) is 6.20 Å². The van der Waals surface area contributed by atoms with Gasteiger partial charge in [-0.25, -0.2) is 9.78 Å². The summed E-state index contributed by atoms with van der Waals surface area (Å²) < 4.78 is 12.0. The highest BCUT2D eigenvalue weighted by Gasteiger charge is 2.14. The van der Waals surface area contributed by atoms with Crippen molar-refractivity contribution in [2.45, 2.75) is 6.61 Å². The van der Waals surface area contributed by atoms with Crippen molar-refractivity contribution < 1.29 is 19.4 Å². The molecule has 5 nitrogen and oxygen atoms in total. The first-order chi connectivity index (χ1) is 10.0. The molecule has 0 aliphatic rings. The number of halogens is 2. The molecule has 110 valence electrons. The number of ether oxygens (including phenoxy) is 2. The van der Waals surface area contributed by atoms with E-state index in [1.54, 1.807) is 19.4 Å². The minimum absolute atomic E-state index is 0.167. The van der Waals surface area contributed by atoms with E-state index in [-0.39, 0.29) is 12.2 Å². The van der Waals surface area contributed by atoms with Crippen molar-refractivity contribution >= 4 is 37.8 Å². The van der Waals surface area contributed by atoms with Gasteiger partial charge >= 0.3 is 5.97 Å².